The van der Waals surface area contributed by atoms with Crippen LogP contribution in [-0.4, -0.2) is 33.7 Å². The van der Waals surface area contributed by atoms with Crippen molar-refractivity contribution in [3.63, 3.8) is 0 Å². The number of rotatable bonds is 8. The number of carbonyl (C=O) groups excluding carboxylic acids is 2. The summed E-state index contributed by atoms with van der Waals surface area (Å²) in [6, 6.07) is 38.5. The van der Waals surface area contributed by atoms with Gasteiger partial charge in [0, 0.05) is 22.6 Å². The highest BCUT2D eigenvalue weighted by molar-refractivity contribution is 8.00. The Hall–Kier alpha value is -4.49. The Morgan fingerprint density at radius 3 is 1.20 bits per heavy atom. The molecule has 0 aliphatic carbocycles. The van der Waals surface area contributed by atoms with E-state index in [-0.39, 0.29) is 11.6 Å². The quantitative estimate of drug-likeness (QED) is 0.215. The molecule has 0 N–H and O–H groups in total. The van der Waals surface area contributed by atoms with E-state index in [4.69, 9.17) is 10.2 Å². The van der Waals surface area contributed by atoms with Gasteiger partial charge in [-0.05, 0) is 38.1 Å². The average molecular weight is 559 g/mol. The van der Waals surface area contributed by atoms with Gasteiger partial charge in [0.05, 0.1) is 23.2 Å². The molecule has 0 unspecified atom stereocenters. The molecule has 0 saturated carbocycles. The molecule has 0 radical (unpaired) electrons. The molecule has 2 aliphatic heterocycles. The molecule has 4 atom stereocenters. The fourth-order valence-electron chi connectivity index (χ4n) is 5.46. The van der Waals surface area contributed by atoms with Crippen LogP contribution in [0.2, 0.25) is 0 Å². The Kier molecular flexibility index (Phi) is 7.53. The highest BCUT2D eigenvalue weighted by Gasteiger charge is 2.48. The first-order valence-corrected chi connectivity index (χ1v) is 14.6. The number of carbonyl (C=O) groups is 2. The topological polar surface area (TPSA) is 65.3 Å². The number of anilines is 2. The maximum Gasteiger partial charge on any atom is 0.174 e. The summed E-state index contributed by atoms with van der Waals surface area (Å²) in [5.41, 5.74) is 4.55. The molecule has 0 fully saturated rings. The zero-order valence-electron chi connectivity index (χ0n) is 22.9. The fraction of sp³-hybridized carbons (Fsp3) is 0.176. The van der Waals surface area contributed by atoms with Gasteiger partial charge in [-0.2, -0.15) is 10.2 Å². The molecule has 7 heteroatoms. The largest absolute Gasteiger partial charge is 0.293 e. The second-order valence-electron chi connectivity index (χ2n) is 10.2. The minimum Gasteiger partial charge on any atom is -0.293 e. The lowest BCUT2D eigenvalue weighted by Gasteiger charge is -2.34. The van der Waals surface area contributed by atoms with Gasteiger partial charge in [0.1, 0.15) is 10.7 Å². The van der Waals surface area contributed by atoms with Gasteiger partial charge in [0.2, 0.25) is 0 Å². The van der Waals surface area contributed by atoms with Gasteiger partial charge >= 0.3 is 0 Å². The van der Waals surface area contributed by atoms with Gasteiger partial charge < -0.3 is 0 Å². The van der Waals surface area contributed by atoms with E-state index in [0.29, 0.717) is 11.1 Å². The first-order valence-electron chi connectivity index (χ1n) is 13.7. The molecule has 204 valence electrons. The number of nitrogens with zero attached hydrogens (tertiary/aromatic N) is 4. The summed E-state index contributed by atoms with van der Waals surface area (Å²) in [5.74, 6) is -0.992. The highest BCUT2D eigenvalue weighted by atomic mass is 32.2. The Labute approximate surface area is 244 Å². The molecule has 4 aromatic rings. The maximum atomic E-state index is 14.0. The molecule has 0 saturated heterocycles. The summed E-state index contributed by atoms with van der Waals surface area (Å²) in [4.78, 5) is 28.1. The van der Waals surface area contributed by atoms with E-state index in [2.05, 4.69) is 0 Å². The normalized spacial score (nSPS) is 21.9. The number of ketones is 2. The number of Topliss-reactive ketones (excluding diaryl/α,β-unsaturated/α-hetero) is 2. The van der Waals surface area contributed by atoms with Gasteiger partial charge in [-0.25, -0.2) is 0 Å². The molecular weight excluding hydrogens is 528 g/mol. The van der Waals surface area contributed by atoms with E-state index in [9.17, 15) is 9.59 Å². The predicted molar refractivity (Wildman–Crippen MR) is 168 cm³/mol. The number of hydrazone groups is 2. The van der Waals surface area contributed by atoms with E-state index < -0.39 is 22.6 Å². The van der Waals surface area contributed by atoms with Crippen molar-refractivity contribution in [3.8, 4) is 0 Å². The van der Waals surface area contributed by atoms with Crippen LogP contribution in [-0.2, 0) is 0 Å². The van der Waals surface area contributed by atoms with Crippen LogP contribution in [0.5, 0.6) is 0 Å². The Balaban J connectivity index is 1.43. The third-order valence-electron chi connectivity index (χ3n) is 7.49. The van der Waals surface area contributed by atoms with Crippen LogP contribution >= 0.6 is 11.8 Å². The third-order valence-corrected chi connectivity index (χ3v) is 8.99. The minimum atomic E-state index is -0.506. The molecule has 41 heavy (non-hydrogen) atoms. The van der Waals surface area contributed by atoms with Crippen molar-refractivity contribution in [3.05, 3.63) is 132 Å². The zero-order chi connectivity index (χ0) is 28.3. The molecule has 2 heterocycles. The fourth-order valence-corrected chi connectivity index (χ4v) is 7.27. The van der Waals surface area contributed by atoms with Gasteiger partial charge in [-0.15, -0.1) is 11.8 Å². The molecule has 4 aromatic carbocycles. The van der Waals surface area contributed by atoms with Crippen LogP contribution in [0.4, 0.5) is 11.4 Å². The van der Waals surface area contributed by atoms with Crippen molar-refractivity contribution in [1.82, 2.24) is 0 Å². The van der Waals surface area contributed by atoms with Crippen LogP contribution in [0, 0.1) is 11.8 Å². The Morgan fingerprint density at radius 1 is 0.537 bits per heavy atom. The molecule has 2 aliphatic rings. The SMILES string of the molecule is CC1=NN(c2ccccc2)[C@H](S[C@@H]2[C@@H](C(=O)c3ccccc3)C(C)=NN2c2ccccc2)[C@H]1C(=O)c1ccccc1. The van der Waals surface area contributed by atoms with Gasteiger partial charge in [0.25, 0.3) is 0 Å². The van der Waals surface area contributed by atoms with Crippen molar-refractivity contribution >= 4 is 46.1 Å². The molecule has 0 amide bonds. The third kappa shape index (κ3) is 5.21. The van der Waals surface area contributed by atoms with E-state index in [1.54, 1.807) is 11.8 Å². The standard InChI is InChI=1S/C34H30N4O2S/c1-23-29(31(39)25-15-7-3-8-16-25)33(37(35-23)27-19-11-5-12-20-27)41-34-30(32(40)26-17-9-4-10-18-26)24(2)36-38(34)28-21-13-6-14-22-28/h3-22,29-30,33-34H,1-2H3/t29-,30-,33-,34-/m1/s1. The predicted octanol–water partition coefficient (Wildman–Crippen LogP) is 7.16. The van der Waals surface area contributed by atoms with Gasteiger partial charge in [-0.3, -0.25) is 19.6 Å². The smallest absolute Gasteiger partial charge is 0.174 e. The summed E-state index contributed by atoms with van der Waals surface area (Å²) in [5, 5.41) is 12.9. The van der Waals surface area contributed by atoms with Gasteiger partial charge in [0.15, 0.2) is 11.6 Å². The van der Waals surface area contributed by atoms with Crippen LogP contribution in [0.15, 0.2) is 132 Å². The van der Waals surface area contributed by atoms with Crippen LogP contribution in [0.1, 0.15) is 34.6 Å². The molecule has 6 nitrogen and oxygen atoms in total. The summed E-state index contributed by atoms with van der Waals surface area (Å²) < 4.78 is 0. The van der Waals surface area contributed by atoms with Crippen molar-refractivity contribution in [1.29, 1.82) is 0 Å². The number of para-hydroxylation sites is 2. The average Bonchev–Trinajstić information content (AvgIpc) is 3.53. The summed E-state index contributed by atoms with van der Waals surface area (Å²) in [7, 11) is 0. The Morgan fingerprint density at radius 2 is 0.854 bits per heavy atom. The van der Waals surface area contributed by atoms with Crippen LogP contribution in [0.3, 0.4) is 0 Å². The minimum absolute atomic E-state index is 0.00983. The summed E-state index contributed by atoms with van der Waals surface area (Å²) in [6.07, 6.45) is 0. The number of hydrogen-bond acceptors (Lipinski definition) is 7. The first kappa shape index (κ1) is 26.7. The molecule has 0 aromatic heterocycles. The number of thioether (sulfide) groups is 1. The van der Waals surface area contributed by atoms with Crippen LogP contribution in [0.25, 0.3) is 0 Å². The van der Waals surface area contributed by atoms with Crippen molar-refractivity contribution < 1.29 is 9.59 Å². The molecule has 0 spiro atoms. The van der Waals surface area contributed by atoms with Crippen molar-refractivity contribution in [2.45, 2.75) is 24.6 Å². The van der Waals surface area contributed by atoms with E-state index in [1.807, 2.05) is 145 Å². The van der Waals surface area contributed by atoms with E-state index >= 15 is 0 Å². The molecular formula is C34H30N4O2S. The highest BCUT2D eigenvalue weighted by Crippen LogP contribution is 2.45. The molecule has 6 rings (SSSR count). The monoisotopic (exact) mass is 558 g/mol. The second kappa shape index (κ2) is 11.6. The van der Waals surface area contributed by atoms with Crippen molar-refractivity contribution in [2.75, 3.05) is 10.0 Å². The summed E-state index contributed by atoms with van der Waals surface area (Å²) >= 11 is 1.57. The Bertz CT molecular complexity index is 1470. The number of benzene rings is 4. The van der Waals surface area contributed by atoms with Crippen molar-refractivity contribution in [2.24, 2.45) is 22.0 Å². The number of hydrogen-bond donors (Lipinski definition) is 0. The zero-order valence-corrected chi connectivity index (χ0v) is 23.7. The lowest BCUT2D eigenvalue weighted by atomic mass is 9.93. The maximum absolute atomic E-state index is 14.0. The van der Waals surface area contributed by atoms with E-state index in [0.717, 1.165) is 22.8 Å². The molecule has 0 bridgehead atoms. The van der Waals surface area contributed by atoms with Gasteiger partial charge in [-0.1, -0.05) is 97.1 Å². The van der Waals surface area contributed by atoms with E-state index in [1.165, 1.54) is 0 Å². The first-order chi connectivity index (χ1) is 20.0. The second-order valence-corrected chi connectivity index (χ2v) is 11.4. The van der Waals surface area contributed by atoms with Crippen LogP contribution < -0.4 is 10.0 Å². The lowest BCUT2D eigenvalue weighted by molar-refractivity contribution is 0.0951. The summed E-state index contributed by atoms with van der Waals surface area (Å²) in [6.45, 7) is 3.83. The lowest BCUT2D eigenvalue weighted by Crippen LogP contribution is -2.42.